The van der Waals surface area contributed by atoms with Gasteiger partial charge in [0.15, 0.2) is 6.61 Å². The van der Waals surface area contributed by atoms with Crippen LogP contribution in [-0.4, -0.2) is 32.1 Å². The van der Waals surface area contributed by atoms with Crippen molar-refractivity contribution < 1.29 is 19.1 Å². The zero-order chi connectivity index (χ0) is 19.0. The van der Waals surface area contributed by atoms with Gasteiger partial charge < -0.3 is 14.4 Å². The van der Waals surface area contributed by atoms with Gasteiger partial charge in [0.25, 0.3) is 5.91 Å². The van der Waals surface area contributed by atoms with Crippen LogP contribution in [0.15, 0.2) is 42.5 Å². The third kappa shape index (κ3) is 3.26. The first-order valence-electron chi connectivity index (χ1n) is 8.40. The molecular weight excluding hydrogens is 386 g/mol. The highest BCUT2D eigenvalue weighted by Crippen LogP contribution is 2.37. The molecule has 0 spiro atoms. The highest BCUT2D eigenvalue weighted by molar-refractivity contribution is 7.21. The van der Waals surface area contributed by atoms with Crippen LogP contribution in [-0.2, 0) is 16.0 Å². The number of rotatable bonds is 4. The number of esters is 1. The number of halogens is 1. The fourth-order valence-corrected chi connectivity index (χ4v) is 4.60. The number of benzene rings is 2. The van der Waals surface area contributed by atoms with Gasteiger partial charge in [-0.25, -0.2) is 4.79 Å². The standard InChI is InChI=1S/C20H16ClNO4S/c1-25-13-6-7-14-16(10-13)27-19(18(14)21)20(24)26-11-17(23)22-9-8-12-4-2-3-5-15(12)22/h2-7,10H,8-9,11H2,1H3. The van der Waals surface area contributed by atoms with Crippen molar-refractivity contribution in [2.45, 2.75) is 6.42 Å². The van der Waals surface area contributed by atoms with Crippen molar-refractivity contribution in [3.8, 4) is 5.75 Å². The molecule has 0 fully saturated rings. The molecule has 2 aromatic carbocycles. The predicted octanol–water partition coefficient (Wildman–Crippen LogP) is 4.31. The Labute approximate surface area is 165 Å². The Morgan fingerprint density at radius 2 is 2.04 bits per heavy atom. The lowest BCUT2D eigenvalue weighted by atomic mass is 10.2. The Kier molecular flexibility index (Phi) is 4.76. The zero-order valence-corrected chi connectivity index (χ0v) is 16.1. The molecule has 1 aromatic heterocycles. The van der Waals surface area contributed by atoms with Crippen LogP contribution in [0.1, 0.15) is 15.2 Å². The van der Waals surface area contributed by atoms with E-state index in [0.717, 1.165) is 27.8 Å². The summed E-state index contributed by atoms with van der Waals surface area (Å²) in [6.45, 7) is 0.278. The molecule has 0 bridgehead atoms. The van der Waals surface area contributed by atoms with Crippen LogP contribution in [0.2, 0.25) is 5.02 Å². The molecule has 0 atom stereocenters. The number of carbonyl (C=O) groups excluding carboxylic acids is 2. The summed E-state index contributed by atoms with van der Waals surface area (Å²) in [5.74, 6) is -0.156. The van der Waals surface area contributed by atoms with Gasteiger partial charge in [-0.05, 0) is 36.2 Å². The smallest absolute Gasteiger partial charge is 0.350 e. The van der Waals surface area contributed by atoms with Crippen molar-refractivity contribution in [3.05, 3.63) is 57.9 Å². The minimum absolute atomic E-state index is 0.243. The van der Waals surface area contributed by atoms with E-state index in [2.05, 4.69) is 0 Å². The molecule has 4 rings (SSSR count). The summed E-state index contributed by atoms with van der Waals surface area (Å²) in [7, 11) is 1.58. The maximum absolute atomic E-state index is 12.5. The van der Waals surface area contributed by atoms with Crippen molar-refractivity contribution in [3.63, 3.8) is 0 Å². The summed E-state index contributed by atoms with van der Waals surface area (Å²) < 4.78 is 11.3. The quantitative estimate of drug-likeness (QED) is 0.611. The third-order valence-electron chi connectivity index (χ3n) is 4.54. The van der Waals surface area contributed by atoms with Gasteiger partial charge in [0.2, 0.25) is 0 Å². The first kappa shape index (κ1) is 17.8. The number of anilines is 1. The van der Waals surface area contributed by atoms with E-state index in [0.29, 0.717) is 17.3 Å². The number of thiophene rings is 1. The van der Waals surface area contributed by atoms with Crippen LogP contribution in [0.4, 0.5) is 5.69 Å². The number of hydrogen-bond donors (Lipinski definition) is 0. The Hall–Kier alpha value is -2.57. The summed E-state index contributed by atoms with van der Waals surface area (Å²) in [6.07, 6.45) is 0.805. The molecule has 7 heteroatoms. The third-order valence-corrected chi connectivity index (χ3v) is 6.17. The van der Waals surface area contributed by atoms with E-state index in [-0.39, 0.29) is 17.4 Å². The average molecular weight is 402 g/mol. The second-order valence-electron chi connectivity index (χ2n) is 6.11. The molecule has 1 amide bonds. The maximum atomic E-state index is 12.5. The summed E-state index contributed by atoms with van der Waals surface area (Å²) in [6, 6.07) is 13.1. The van der Waals surface area contributed by atoms with Crippen molar-refractivity contribution in [2.75, 3.05) is 25.2 Å². The molecule has 0 saturated heterocycles. The van der Waals surface area contributed by atoms with Gasteiger partial charge in [-0.1, -0.05) is 29.8 Å². The second-order valence-corrected chi connectivity index (χ2v) is 7.54. The minimum atomic E-state index is -0.596. The van der Waals surface area contributed by atoms with Crippen molar-refractivity contribution in [1.82, 2.24) is 0 Å². The number of fused-ring (bicyclic) bond motifs is 2. The van der Waals surface area contributed by atoms with Gasteiger partial charge in [0.1, 0.15) is 10.6 Å². The number of amides is 1. The Balaban J connectivity index is 1.48. The van der Waals surface area contributed by atoms with Gasteiger partial charge in [0.05, 0.1) is 12.1 Å². The summed E-state index contributed by atoms with van der Waals surface area (Å²) in [4.78, 5) is 26.9. The van der Waals surface area contributed by atoms with Crippen molar-refractivity contribution in [1.29, 1.82) is 0 Å². The number of para-hydroxylation sites is 1. The molecule has 138 valence electrons. The number of methoxy groups -OCH3 is 1. The lowest BCUT2D eigenvalue weighted by molar-refractivity contribution is -0.121. The Morgan fingerprint density at radius 3 is 2.85 bits per heavy atom. The summed E-state index contributed by atoms with van der Waals surface area (Å²) in [5.41, 5.74) is 2.00. The molecule has 0 radical (unpaired) electrons. The van der Waals surface area contributed by atoms with Gasteiger partial charge in [0, 0.05) is 22.3 Å². The molecular formula is C20H16ClNO4S. The van der Waals surface area contributed by atoms with E-state index in [1.54, 1.807) is 24.1 Å². The number of carbonyl (C=O) groups is 2. The van der Waals surface area contributed by atoms with Crippen molar-refractivity contribution in [2.24, 2.45) is 0 Å². The van der Waals surface area contributed by atoms with Crippen LogP contribution in [0.3, 0.4) is 0 Å². The lowest BCUT2D eigenvalue weighted by Crippen LogP contribution is -2.33. The van der Waals surface area contributed by atoms with E-state index < -0.39 is 5.97 Å². The van der Waals surface area contributed by atoms with Gasteiger partial charge in [-0.15, -0.1) is 11.3 Å². The average Bonchev–Trinajstić information content (AvgIpc) is 3.27. The van der Waals surface area contributed by atoms with Crippen molar-refractivity contribution >= 4 is 50.6 Å². The van der Waals surface area contributed by atoms with Crippen LogP contribution < -0.4 is 9.64 Å². The molecule has 27 heavy (non-hydrogen) atoms. The topological polar surface area (TPSA) is 55.8 Å². The van der Waals surface area contributed by atoms with Gasteiger partial charge in [-0.3, -0.25) is 4.79 Å². The second kappa shape index (κ2) is 7.21. The normalized spacial score (nSPS) is 12.9. The van der Waals surface area contributed by atoms with Crippen LogP contribution >= 0.6 is 22.9 Å². The number of nitrogens with zero attached hydrogens (tertiary/aromatic N) is 1. The highest BCUT2D eigenvalue weighted by atomic mass is 35.5. The van der Waals surface area contributed by atoms with Crippen LogP contribution in [0, 0.1) is 0 Å². The molecule has 0 saturated carbocycles. The Morgan fingerprint density at radius 1 is 1.22 bits per heavy atom. The molecule has 5 nitrogen and oxygen atoms in total. The largest absolute Gasteiger partial charge is 0.497 e. The number of hydrogen-bond acceptors (Lipinski definition) is 5. The molecule has 0 aliphatic carbocycles. The van der Waals surface area contributed by atoms with E-state index in [4.69, 9.17) is 21.1 Å². The van der Waals surface area contributed by atoms with E-state index in [1.165, 1.54) is 11.3 Å². The molecule has 1 aliphatic rings. The lowest BCUT2D eigenvalue weighted by Gasteiger charge is -2.17. The Bertz CT molecular complexity index is 1050. The highest BCUT2D eigenvalue weighted by Gasteiger charge is 2.26. The molecule has 3 aromatic rings. The fraction of sp³-hybridized carbons (Fsp3) is 0.200. The van der Waals surface area contributed by atoms with Crippen LogP contribution in [0.5, 0.6) is 5.75 Å². The van der Waals surface area contributed by atoms with E-state index in [1.807, 2.05) is 30.3 Å². The minimum Gasteiger partial charge on any atom is -0.497 e. The molecule has 2 heterocycles. The fourth-order valence-electron chi connectivity index (χ4n) is 3.17. The summed E-state index contributed by atoms with van der Waals surface area (Å²) >= 11 is 7.55. The van der Waals surface area contributed by atoms with Gasteiger partial charge >= 0.3 is 5.97 Å². The summed E-state index contributed by atoms with van der Waals surface area (Å²) in [5, 5.41) is 1.09. The maximum Gasteiger partial charge on any atom is 0.350 e. The number of ether oxygens (including phenoxy) is 2. The van der Waals surface area contributed by atoms with Crippen LogP contribution in [0.25, 0.3) is 10.1 Å². The predicted molar refractivity (Wildman–Crippen MR) is 106 cm³/mol. The van der Waals surface area contributed by atoms with E-state index in [9.17, 15) is 9.59 Å². The molecule has 0 unspecified atom stereocenters. The molecule has 0 N–H and O–H groups in total. The van der Waals surface area contributed by atoms with E-state index >= 15 is 0 Å². The SMILES string of the molecule is COc1ccc2c(Cl)c(C(=O)OCC(=O)N3CCc4ccccc43)sc2c1. The first-order valence-corrected chi connectivity index (χ1v) is 9.59. The first-order chi connectivity index (χ1) is 13.1. The van der Waals surface area contributed by atoms with Gasteiger partial charge in [-0.2, -0.15) is 0 Å². The zero-order valence-electron chi connectivity index (χ0n) is 14.5. The monoisotopic (exact) mass is 401 g/mol. The molecule has 1 aliphatic heterocycles.